The number of unbranched alkanes of at least 4 members (excludes halogenated alkanes) is 1. The van der Waals surface area contributed by atoms with Gasteiger partial charge in [0.15, 0.2) is 0 Å². The van der Waals surface area contributed by atoms with Crippen LogP contribution in [0.25, 0.3) is 16.5 Å². The number of amides is 2. The number of anilines is 1. The van der Waals surface area contributed by atoms with Crippen molar-refractivity contribution in [3.63, 3.8) is 0 Å². The first-order chi connectivity index (χ1) is 19.2. The zero-order valence-corrected chi connectivity index (χ0v) is 22.0. The number of benzene rings is 4. The fraction of sp³-hybridized carbons (Fsp3) is 0.176. The Morgan fingerprint density at radius 3 is 2.31 bits per heavy atom. The van der Waals surface area contributed by atoms with Crippen LogP contribution in [0.5, 0.6) is 0 Å². The van der Waals surface area contributed by atoms with E-state index in [1.165, 1.54) is 0 Å². The number of carbonyl (C=O) groups is 2. The lowest BCUT2D eigenvalue weighted by Gasteiger charge is -2.39. The lowest BCUT2D eigenvalue weighted by atomic mass is 9.97. The van der Waals surface area contributed by atoms with Crippen LogP contribution in [0.15, 0.2) is 115 Å². The van der Waals surface area contributed by atoms with Crippen LogP contribution in [0.1, 0.15) is 47.4 Å². The Hall–Kier alpha value is -4.64. The van der Waals surface area contributed by atoms with Gasteiger partial charge in [0.2, 0.25) is 5.91 Å². The average molecular weight is 514 g/mol. The summed E-state index contributed by atoms with van der Waals surface area (Å²) in [5, 5.41) is 1.92. The molecule has 6 rings (SSSR count). The molecule has 1 aromatic heterocycles. The molecule has 2 heterocycles. The first-order valence-electron chi connectivity index (χ1n) is 13.6. The Balaban J connectivity index is 1.41. The van der Waals surface area contributed by atoms with E-state index >= 15 is 0 Å². The maximum absolute atomic E-state index is 14.4. The van der Waals surface area contributed by atoms with Crippen molar-refractivity contribution < 1.29 is 9.59 Å². The van der Waals surface area contributed by atoms with Crippen LogP contribution < -0.4 is 4.90 Å². The first kappa shape index (κ1) is 24.7. The van der Waals surface area contributed by atoms with E-state index in [-0.39, 0.29) is 24.4 Å². The standard InChI is InChI=1S/C34H31N3O2/c1-2-3-22-35(34(39)28-18-11-16-25-13-7-8-17-27(25)28)24-32(38)37-30-20-10-9-19-29(30)36-23-12-21-31(36)33(37)26-14-5-4-6-15-26/h4-21,23,33H,2-3,22,24H2,1H3. The van der Waals surface area contributed by atoms with Crippen molar-refractivity contribution >= 4 is 28.3 Å². The van der Waals surface area contributed by atoms with Crippen molar-refractivity contribution in [2.75, 3.05) is 18.0 Å². The smallest absolute Gasteiger partial charge is 0.254 e. The number of para-hydroxylation sites is 2. The molecule has 0 spiro atoms. The molecule has 5 aromatic rings. The number of aromatic nitrogens is 1. The third-order valence-corrected chi connectivity index (χ3v) is 7.52. The van der Waals surface area contributed by atoms with E-state index in [2.05, 4.69) is 29.7 Å². The van der Waals surface area contributed by atoms with Crippen molar-refractivity contribution in [2.24, 2.45) is 0 Å². The summed E-state index contributed by atoms with van der Waals surface area (Å²) in [5.41, 5.74) is 4.48. The van der Waals surface area contributed by atoms with Gasteiger partial charge in [0.25, 0.3) is 5.91 Å². The topological polar surface area (TPSA) is 45.6 Å². The Kier molecular flexibility index (Phi) is 6.72. The molecule has 1 unspecified atom stereocenters. The van der Waals surface area contributed by atoms with Gasteiger partial charge >= 0.3 is 0 Å². The highest BCUT2D eigenvalue weighted by Gasteiger charge is 2.37. The second-order valence-corrected chi connectivity index (χ2v) is 9.98. The van der Waals surface area contributed by atoms with Crippen molar-refractivity contribution in [3.05, 3.63) is 132 Å². The third kappa shape index (κ3) is 4.50. The van der Waals surface area contributed by atoms with Gasteiger partial charge in [-0.15, -0.1) is 0 Å². The first-order valence-corrected chi connectivity index (χ1v) is 13.6. The van der Waals surface area contributed by atoms with Crippen molar-refractivity contribution in [3.8, 4) is 5.69 Å². The summed E-state index contributed by atoms with van der Waals surface area (Å²) in [6.07, 6.45) is 3.80. The van der Waals surface area contributed by atoms with Crippen molar-refractivity contribution in [1.29, 1.82) is 0 Å². The minimum absolute atomic E-state index is 0.000428. The summed E-state index contributed by atoms with van der Waals surface area (Å²) in [6.45, 7) is 2.62. The number of hydrogen-bond acceptors (Lipinski definition) is 2. The van der Waals surface area contributed by atoms with Gasteiger partial charge in [-0.05, 0) is 53.1 Å². The molecule has 1 atom stereocenters. The van der Waals surface area contributed by atoms with Crippen LogP contribution in [0.2, 0.25) is 0 Å². The number of rotatable bonds is 7. The van der Waals surface area contributed by atoms with Crippen molar-refractivity contribution in [2.45, 2.75) is 25.8 Å². The zero-order chi connectivity index (χ0) is 26.8. The van der Waals surface area contributed by atoms with E-state index < -0.39 is 0 Å². The van der Waals surface area contributed by atoms with Gasteiger partial charge in [-0.1, -0.05) is 92.2 Å². The fourth-order valence-corrected chi connectivity index (χ4v) is 5.64. The number of nitrogens with zero attached hydrogens (tertiary/aromatic N) is 3. The second-order valence-electron chi connectivity index (χ2n) is 9.98. The summed E-state index contributed by atoms with van der Waals surface area (Å²) >= 11 is 0. The molecular weight excluding hydrogens is 482 g/mol. The molecular formula is C34H31N3O2. The zero-order valence-electron chi connectivity index (χ0n) is 22.0. The highest BCUT2D eigenvalue weighted by atomic mass is 16.2. The van der Waals surface area contributed by atoms with E-state index in [1.54, 1.807) is 4.90 Å². The molecule has 1 aliphatic heterocycles. The van der Waals surface area contributed by atoms with Gasteiger partial charge in [-0.3, -0.25) is 14.5 Å². The van der Waals surface area contributed by atoms with Gasteiger partial charge in [-0.2, -0.15) is 0 Å². The van der Waals surface area contributed by atoms with Crippen LogP contribution in [-0.4, -0.2) is 34.4 Å². The lowest BCUT2D eigenvalue weighted by molar-refractivity contribution is -0.119. The number of carbonyl (C=O) groups excluding carboxylic acids is 2. The monoisotopic (exact) mass is 513 g/mol. The van der Waals surface area contributed by atoms with E-state index in [1.807, 2.05) is 102 Å². The summed E-state index contributed by atoms with van der Waals surface area (Å²) < 4.78 is 2.16. The molecule has 0 fully saturated rings. The maximum atomic E-state index is 14.4. The fourth-order valence-electron chi connectivity index (χ4n) is 5.64. The largest absolute Gasteiger partial charge is 0.329 e. The molecule has 5 nitrogen and oxygen atoms in total. The molecule has 0 aliphatic carbocycles. The van der Waals surface area contributed by atoms with Crippen LogP contribution >= 0.6 is 0 Å². The number of fused-ring (bicyclic) bond motifs is 4. The molecule has 0 N–H and O–H groups in total. The van der Waals surface area contributed by atoms with Gasteiger partial charge in [0, 0.05) is 18.3 Å². The van der Waals surface area contributed by atoms with Gasteiger partial charge in [0.05, 0.1) is 17.1 Å². The van der Waals surface area contributed by atoms with Crippen LogP contribution in [0.3, 0.4) is 0 Å². The van der Waals surface area contributed by atoms with E-state index in [4.69, 9.17) is 0 Å². The summed E-state index contributed by atoms with van der Waals surface area (Å²) in [4.78, 5) is 32.0. The summed E-state index contributed by atoms with van der Waals surface area (Å²) in [5.74, 6) is -0.216. The molecule has 2 amide bonds. The van der Waals surface area contributed by atoms with Gasteiger partial charge < -0.3 is 9.47 Å². The molecule has 5 heteroatoms. The normalized spacial score (nSPS) is 14.1. The van der Waals surface area contributed by atoms with Crippen LogP contribution in [-0.2, 0) is 4.79 Å². The van der Waals surface area contributed by atoms with E-state index in [9.17, 15) is 9.59 Å². The van der Waals surface area contributed by atoms with Crippen LogP contribution in [0, 0.1) is 0 Å². The molecule has 194 valence electrons. The Bertz CT molecular complexity index is 1630. The SMILES string of the molecule is CCCCN(CC(=O)N1c2ccccc2-n2cccc2C1c1ccccc1)C(=O)c1cccc2ccccc12. The number of hydrogen-bond donors (Lipinski definition) is 0. The second kappa shape index (κ2) is 10.6. The van der Waals surface area contributed by atoms with Gasteiger partial charge in [0.1, 0.15) is 12.6 Å². The lowest BCUT2D eigenvalue weighted by Crippen LogP contribution is -2.47. The maximum Gasteiger partial charge on any atom is 0.254 e. The predicted octanol–water partition coefficient (Wildman–Crippen LogP) is 7.01. The van der Waals surface area contributed by atoms with E-state index in [0.29, 0.717) is 12.1 Å². The summed E-state index contributed by atoms with van der Waals surface area (Å²) in [7, 11) is 0. The Morgan fingerprint density at radius 2 is 1.49 bits per heavy atom. The average Bonchev–Trinajstić information content (AvgIpc) is 3.48. The molecule has 0 radical (unpaired) electrons. The van der Waals surface area contributed by atoms with Gasteiger partial charge in [-0.25, -0.2) is 0 Å². The molecule has 4 aromatic carbocycles. The Labute approximate surface area is 228 Å². The third-order valence-electron chi connectivity index (χ3n) is 7.52. The quantitative estimate of drug-likeness (QED) is 0.235. The Morgan fingerprint density at radius 1 is 0.769 bits per heavy atom. The molecule has 39 heavy (non-hydrogen) atoms. The van der Waals surface area contributed by atoms with Crippen LogP contribution in [0.4, 0.5) is 5.69 Å². The minimum Gasteiger partial charge on any atom is -0.329 e. The highest BCUT2D eigenvalue weighted by molar-refractivity contribution is 6.09. The highest BCUT2D eigenvalue weighted by Crippen LogP contribution is 2.42. The molecule has 0 saturated carbocycles. The predicted molar refractivity (Wildman–Crippen MR) is 156 cm³/mol. The van der Waals surface area contributed by atoms with Crippen molar-refractivity contribution in [1.82, 2.24) is 9.47 Å². The van der Waals surface area contributed by atoms with E-state index in [0.717, 1.165) is 46.2 Å². The molecule has 1 aliphatic rings. The molecule has 0 saturated heterocycles. The molecule has 0 bridgehead atoms. The minimum atomic E-state index is -0.302. The summed E-state index contributed by atoms with van der Waals surface area (Å²) in [6, 6.07) is 35.6.